The average molecular weight is 557 g/mol. The predicted octanol–water partition coefficient (Wildman–Crippen LogP) is 5.45. The Balaban J connectivity index is 1.34. The highest BCUT2D eigenvalue weighted by Gasteiger charge is 2.41. The minimum Gasteiger partial charge on any atom is -0.406 e. The maximum Gasteiger partial charge on any atom is 0.573 e. The van der Waals surface area contributed by atoms with Gasteiger partial charge >= 0.3 is 6.36 Å². The summed E-state index contributed by atoms with van der Waals surface area (Å²) in [6, 6.07) is 20.5. The molecule has 1 aliphatic heterocycles. The van der Waals surface area contributed by atoms with Crippen molar-refractivity contribution in [3.63, 3.8) is 0 Å². The van der Waals surface area contributed by atoms with Crippen LogP contribution in [-0.4, -0.2) is 40.7 Å². The van der Waals surface area contributed by atoms with E-state index in [1.54, 1.807) is 18.0 Å². The number of nitrogens with two attached hydrogens (primary N) is 1. The highest BCUT2D eigenvalue weighted by atomic mass is 32.2. The molecule has 1 fully saturated rings. The van der Waals surface area contributed by atoms with Crippen LogP contribution in [0.5, 0.6) is 5.75 Å². The van der Waals surface area contributed by atoms with Crippen LogP contribution in [0.15, 0.2) is 88.0 Å². The monoisotopic (exact) mass is 556 g/mol. The number of ether oxygens (including phenoxy) is 1. The Morgan fingerprint density at radius 1 is 1.10 bits per heavy atom. The number of anilines is 2. The zero-order valence-corrected chi connectivity index (χ0v) is 22.0. The molecule has 0 radical (unpaired) electrons. The van der Waals surface area contributed by atoms with Gasteiger partial charge in [0.2, 0.25) is 0 Å². The van der Waals surface area contributed by atoms with E-state index in [0.717, 1.165) is 22.4 Å². The van der Waals surface area contributed by atoms with E-state index in [9.17, 15) is 18.3 Å². The van der Waals surface area contributed by atoms with Crippen molar-refractivity contribution in [3.8, 4) is 5.75 Å². The highest BCUT2D eigenvalue weighted by molar-refractivity contribution is 8.14. The van der Waals surface area contributed by atoms with Crippen molar-refractivity contribution in [2.45, 2.75) is 32.5 Å². The van der Waals surface area contributed by atoms with Crippen LogP contribution in [0.2, 0.25) is 0 Å². The second-order valence-electron chi connectivity index (χ2n) is 8.90. The Labute approximate surface area is 228 Å². The Morgan fingerprint density at radius 3 is 2.46 bits per heavy atom. The normalized spacial score (nSPS) is 18.9. The van der Waals surface area contributed by atoms with Gasteiger partial charge in [0.05, 0.1) is 18.4 Å². The third-order valence-electron chi connectivity index (χ3n) is 5.68. The Morgan fingerprint density at radius 2 is 1.79 bits per heavy atom. The first-order valence-electron chi connectivity index (χ1n) is 11.8. The molecular weight excluding hydrogens is 529 g/mol. The molecule has 8 nitrogen and oxygen atoms in total. The Hall–Kier alpha value is -3.87. The Bertz CT molecular complexity index is 1360. The molecule has 3 aromatic carbocycles. The first-order valence-corrected chi connectivity index (χ1v) is 12.8. The van der Waals surface area contributed by atoms with Gasteiger partial charge in [0, 0.05) is 11.4 Å². The molecule has 0 aromatic heterocycles. The summed E-state index contributed by atoms with van der Waals surface area (Å²) in [6.07, 6.45) is -1.72. The zero-order chi connectivity index (χ0) is 28.0. The number of hydrazine groups is 1. The van der Waals surface area contributed by atoms with Crippen LogP contribution in [-0.2, 0) is 6.54 Å². The van der Waals surface area contributed by atoms with Crippen LogP contribution in [0, 0.1) is 6.92 Å². The molecule has 39 heavy (non-hydrogen) atoms. The SMILES string of the molecule is Cc1ccccc1N1/C(=N/N=C/c2ccc(C/N=C\N(N)c3ccc(OC(F)(F)F)cc3)cc2)SCC1(C)O. The number of para-hydroxylation sites is 1. The van der Waals surface area contributed by atoms with Crippen molar-refractivity contribution >= 4 is 40.9 Å². The van der Waals surface area contributed by atoms with Crippen molar-refractivity contribution in [2.24, 2.45) is 21.0 Å². The third kappa shape index (κ3) is 7.59. The van der Waals surface area contributed by atoms with E-state index in [1.165, 1.54) is 47.4 Å². The molecule has 3 N–H and O–H groups in total. The predicted molar refractivity (Wildman–Crippen MR) is 150 cm³/mol. The zero-order valence-electron chi connectivity index (χ0n) is 21.2. The van der Waals surface area contributed by atoms with E-state index in [-0.39, 0.29) is 5.75 Å². The van der Waals surface area contributed by atoms with E-state index >= 15 is 0 Å². The van der Waals surface area contributed by atoms with Crippen molar-refractivity contribution in [3.05, 3.63) is 89.5 Å². The maximum absolute atomic E-state index is 12.3. The molecular formula is C27H27F3N6O2S. The van der Waals surface area contributed by atoms with Gasteiger partial charge in [0.25, 0.3) is 0 Å². The standard InChI is InChI=1S/C27H27F3N6O2S/c1-19-5-3-4-6-24(19)36-25(39-17-26(36,2)37)34-33-16-21-9-7-20(8-10-21)15-32-18-35(31)22-11-13-23(14-12-22)38-27(28,29)30/h3-14,16,18,37H,15,17,31H2,1-2H3/b32-18-,33-16+,34-25-. The molecule has 0 saturated carbocycles. The third-order valence-corrected chi connectivity index (χ3v) is 6.90. The van der Waals surface area contributed by atoms with Gasteiger partial charge in [-0.15, -0.1) is 18.3 Å². The number of hydrogen-bond acceptors (Lipinski definition) is 7. The lowest BCUT2D eigenvalue weighted by molar-refractivity contribution is -0.274. The number of hydrogen-bond donors (Lipinski definition) is 2. The summed E-state index contributed by atoms with van der Waals surface area (Å²) in [5, 5.41) is 21.3. The topological polar surface area (TPSA) is 99.0 Å². The molecule has 1 unspecified atom stereocenters. The minimum atomic E-state index is -4.75. The van der Waals surface area contributed by atoms with E-state index in [0.29, 0.717) is 23.2 Å². The number of alkyl halides is 3. The molecule has 0 spiro atoms. The fourth-order valence-electron chi connectivity index (χ4n) is 3.76. The van der Waals surface area contributed by atoms with Gasteiger partial charge in [-0.2, -0.15) is 5.10 Å². The molecule has 0 aliphatic carbocycles. The molecule has 0 amide bonds. The molecule has 4 rings (SSSR count). The summed E-state index contributed by atoms with van der Waals surface area (Å²) >= 11 is 1.44. The van der Waals surface area contributed by atoms with Crippen LogP contribution in [0.25, 0.3) is 0 Å². The number of amidine groups is 1. The lowest BCUT2D eigenvalue weighted by Gasteiger charge is -2.31. The second kappa shape index (κ2) is 11.9. The van der Waals surface area contributed by atoms with Crippen molar-refractivity contribution < 1.29 is 23.0 Å². The van der Waals surface area contributed by atoms with Gasteiger partial charge in [-0.05, 0) is 60.9 Å². The summed E-state index contributed by atoms with van der Waals surface area (Å²) in [4.78, 5) is 6.08. The van der Waals surface area contributed by atoms with Crippen LogP contribution < -0.4 is 20.5 Å². The van der Waals surface area contributed by atoms with E-state index in [1.807, 2.05) is 55.5 Å². The molecule has 1 saturated heterocycles. The molecule has 1 heterocycles. The highest BCUT2D eigenvalue weighted by Crippen LogP contribution is 2.37. The van der Waals surface area contributed by atoms with Gasteiger partial charge in [-0.3, -0.25) is 14.9 Å². The first-order chi connectivity index (χ1) is 18.5. The summed E-state index contributed by atoms with van der Waals surface area (Å²) in [5.41, 5.74) is 3.05. The van der Waals surface area contributed by atoms with E-state index in [4.69, 9.17) is 5.84 Å². The largest absolute Gasteiger partial charge is 0.573 e. The number of nitrogens with zero attached hydrogens (tertiary/aromatic N) is 5. The van der Waals surface area contributed by atoms with Gasteiger partial charge in [-0.1, -0.05) is 54.2 Å². The van der Waals surface area contributed by atoms with Crippen molar-refractivity contribution in [1.82, 2.24) is 0 Å². The smallest absolute Gasteiger partial charge is 0.406 e. The quantitative estimate of drug-likeness (QED) is 0.166. The summed E-state index contributed by atoms with van der Waals surface area (Å²) in [5.74, 6) is 6.05. The molecule has 3 aromatic rings. The van der Waals surface area contributed by atoms with Gasteiger partial charge < -0.3 is 9.84 Å². The van der Waals surface area contributed by atoms with Gasteiger partial charge in [0.15, 0.2) is 10.9 Å². The fourth-order valence-corrected chi connectivity index (χ4v) is 4.82. The van der Waals surface area contributed by atoms with E-state index in [2.05, 4.69) is 19.9 Å². The number of benzene rings is 3. The van der Waals surface area contributed by atoms with E-state index < -0.39 is 12.1 Å². The number of aliphatic hydroxyl groups is 1. The minimum absolute atomic E-state index is 0.330. The number of aryl methyl sites for hydroxylation is 1. The molecule has 12 heteroatoms. The van der Waals surface area contributed by atoms with Crippen LogP contribution in [0.3, 0.4) is 0 Å². The van der Waals surface area contributed by atoms with Crippen LogP contribution in [0.1, 0.15) is 23.6 Å². The van der Waals surface area contributed by atoms with Gasteiger partial charge in [-0.25, -0.2) is 5.84 Å². The second-order valence-corrected chi connectivity index (χ2v) is 9.84. The molecule has 1 atom stereocenters. The molecule has 0 bridgehead atoms. The Kier molecular flexibility index (Phi) is 8.58. The summed E-state index contributed by atoms with van der Waals surface area (Å²) in [7, 11) is 0. The molecule has 204 valence electrons. The van der Waals surface area contributed by atoms with Crippen molar-refractivity contribution in [2.75, 3.05) is 15.7 Å². The van der Waals surface area contributed by atoms with Crippen molar-refractivity contribution in [1.29, 1.82) is 0 Å². The lowest BCUT2D eigenvalue weighted by atomic mass is 10.1. The van der Waals surface area contributed by atoms with Crippen LogP contribution in [0.4, 0.5) is 24.5 Å². The van der Waals surface area contributed by atoms with Crippen LogP contribution >= 0.6 is 11.8 Å². The summed E-state index contributed by atoms with van der Waals surface area (Å²) in [6.45, 7) is 4.09. The van der Waals surface area contributed by atoms with Gasteiger partial charge in [0.1, 0.15) is 12.1 Å². The number of thioether (sulfide) groups is 1. The fraction of sp³-hybridized carbons (Fsp3) is 0.222. The lowest BCUT2D eigenvalue weighted by Crippen LogP contribution is -2.45. The first kappa shape index (κ1) is 28.1. The molecule has 1 aliphatic rings. The maximum atomic E-state index is 12.3. The average Bonchev–Trinajstić information content (AvgIpc) is 3.18. The number of aliphatic imine (C=N–C) groups is 1. The number of halogens is 3. The number of rotatable bonds is 8. The summed E-state index contributed by atoms with van der Waals surface area (Å²) < 4.78 is 40.7.